The summed E-state index contributed by atoms with van der Waals surface area (Å²) in [6.07, 6.45) is 1.61. The molecular weight excluding hydrogens is 222 g/mol. The Balaban J connectivity index is 2.74. The Hall–Kier alpha value is -0.680. The van der Waals surface area contributed by atoms with Gasteiger partial charge in [-0.2, -0.15) is 0 Å². The number of amides is 1. The van der Waals surface area contributed by atoms with Crippen molar-refractivity contribution in [3.8, 4) is 0 Å². The molecule has 4 nitrogen and oxygen atoms in total. The lowest BCUT2D eigenvalue weighted by Gasteiger charge is -2.40. The highest BCUT2D eigenvalue weighted by molar-refractivity contribution is 7.80. The summed E-state index contributed by atoms with van der Waals surface area (Å²) in [7, 11) is 2.06. The van der Waals surface area contributed by atoms with Crippen molar-refractivity contribution in [2.75, 3.05) is 20.1 Å². The molecule has 0 spiro atoms. The third-order valence-electron chi connectivity index (χ3n) is 3.20. The van der Waals surface area contributed by atoms with E-state index >= 15 is 0 Å². The van der Waals surface area contributed by atoms with E-state index in [4.69, 9.17) is 18.0 Å². The molecule has 1 aliphatic heterocycles. The lowest BCUT2D eigenvalue weighted by atomic mass is 9.87. The molecular formula is C11H21N3OS. The number of carbonyl (C=O) groups is 1. The summed E-state index contributed by atoms with van der Waals surface area (Å²) in [6.45, 7) is 5.57. The summed E-state index contributed by atoms with van der Waals surface area (Å²) < 4.78 is 0. The van der Waals surface area contributed by atoms with E-state index in [0.29, 0.717) is 4.99 Å². The third kappa shape index (κ3) is 2.92. The van der Waals surface area contributed by atoms with Crippen molar-refractivity contribution < 1.29 is 4.79 Å². The van der Waals surface area contributed by atoms with Gasteiger partial charge in [-0.15, -0.1) is 0 Å². The summed E-state index contributed by atoms with van der Waals surface area (Å²) >= 11 is 5.12. The number of piperidine rings is 1. The van der Waals surface area contributed by atoms with Gasteiger partial charge in [-0.1, -0.05) is 26.1 Å². The molecule has 1 fully saturated rings. The van der Waals surface area contributed by atoms with Crippen molar-refractivity contribution in [1.29, 1.82) is 0 Å². The molecule has 0 aliphatic carbocycles. The summed E-state index contributed by atoms with van der Waals surface area (Å²) in [4.78, 5) is 14.4. The summed E-state index contributed by atoms with van der Waals surface area (Å²) in [6, 6.07) is 0. The molecule has 0 unspecified atom stereocenters. The normalized spacial score (nSPS) is 20.8. The summed E-state index contributed by atoms with van der Waals surface area (Å²) in [5, 5.41) is 3.02. The van der Waals surface area contributed by atoms with Crippen molar-refractivity contribution in [2.45, 2.75) is 32.2 Å². The lowest BCUT2D eigenvalue weighted by molar-refractivity contribution is -0.125. The topological polar surface area (TPSA) is 58.4 Å². The number of hydrogen-bond donors (Lipinski definition) is 2. The van der Waals surface area contributed by atoms with Crippen molar-refractivity contribution in [3.05, 3.63) is 0 Å². The van der Waals surface area contributed by atoms with E-state index < -0.39 is 5.54 Å². The first-order chi connectivity index (χ1) is 7.37. The van der Waals surface area contributed by atoms with Gasteiger partial charge >= 0.3 is 0 Å². The number of nitrogens with one attached hydrogen (secondary N) is 1. The first-order valence-electron chi connectivity index (χ1n) is 5.68. The minimum Gasteiger partial charge on any atom is -0.391 e. The Morgan fingerprint density at radius 1 is 1.44 bits per heavy atom. The van der Waals surface area contributed by atoms with Crippen LogP contribution in [0.4, 0.5) is 0 Å². The van der Waals surface area contributed by atoms with Crippen LogP contribution < -0.4 is 11.1 Å². The number of carbonyl (C=O) groups excluding carboxylic acids is 1. The van der Waals surface area contributed by atoms with Crippen molar-refractivity contribution >= 4 is 23.1 Å². The fourth-order valence-electron chi connectivity index (χ4n) is 1.81. The van der Waals surface area contributed by atoms with Gasteiger partial charge in [0.05, 0.1) is 10.5 Å². The first kappa shape index (κ1) is 13.4. The number of rotatable bonds is 3. The van der Waals surface area contributed by atoms with Gasteiger partial charge in [-0.25, -0.2) is 0 Å². The molecule has 0 saturated carbocycles. The molecule has 0 atom stereocenters. The van der Waals surface area contributed by atoms with Crippen molar-refractivity contribution in [2.24, 2.45) is 11.7 Å². The Bertz CT molecular complexity index is 283. The van der Waals surface area contributed by atoms with E-state index in [-0.39, 0.29) is 11.8 Å². The molecule has 0 bridgehead atoms. The average molecular weight is 243 g/mol. The van der Waals surface area contributed by atoms with Crippen LogP contribution in [0.3, 0.4) is 0 Å². The van der Waals surface area contributed by atoms with Crippen LogP contribution in [0.15, 0.2) is 0 Å². The third-order valence-corrected chi connectivity index (χ3v) is 3.59. The Labute approximate surface area is 103 Å². The van der Waals surface area contributed by atoms with Gasteiger partial charge in [0.1, 0.15) is 0 Å². The number of hydrogen-bond acceptors (Lipinski definition) is 3. The van der Waals surface area contributed by atoms with E-state index in [2.05, 4.69) is 17.3 Å². The van der Waals surface area contributed by atoms with Crippen LogP contribution in [0.25, 0.3) is 0 Å². The number of nitrogens with zero attached hydrogens (tertiary/aromatic N) is 1. The quantitative estimate of drug-likeness (QED) is 0.709. The number of nitrogens with two attached hydrogens (primary N) is 1. The molecule has 0 aromatic rings. The van der Waals surface area contributed by atoms with Gasteiger partial charge in [-0.3, -0.25) is 4.79 Å². The minimum atomic E-state index is -0.469. The molecule has 0 aromatic heterocycles. The van der Waals surface area contributed by atoms with E-state index in [1.807, 2.05) is 13.8 Å². The highest BCUT2D eigenvalue weighted by Crippen LogP contribution is 2.22. The van der Waals surface area contributed by atoms with Gasteiger partial charge in [0, 0.05) is 19.0 Å². The van der Waals surface area contributed by atoms with Gasteiger partial charge in [-0.05, 0) is 19.9 Å². The molecule has 5 heteroatoms. The Kier molecular flexibility index (Phi) is 4.27. The zero-order valence-electron chi connectivity index (χ0n) is 10.2. The van der Waals surface area contributed by atoms with Crippen LogP contribution in [-0.2, 0) is 4.79 Å². The molecule has 1 rings (SSSR count). The zero-order valence-corrected chi connectivity index (χ0v) is 11.1. The van der Waals surface area contributed by atoms with Gasteiger partial charge in [0.2, 0.25) is 5.91 Å². The van der Waals surface area contributed by atoms with Gasteiger partial charge < -0.3 is 16.0 Å². The number of thiocarbonyl (C=S) groups is 1. The van der Waals surface area contributed by atoms with Gasteiger partial charge in [0.25, 0.3) is 0 Å². The molecule has 1 saturated heterocycles. The van der Waals surface area contributed by atoms with Crippen LogP contribution in [0.5, 0.6) is 0 Å². The van der Waals surface area contributed by atoms with Gasteiger partial charge in [0.15, 0.2) is 0 Å². The standard InChI is InChI=1S/C11H21N3OS/c1-8(2)9(15)13-11(10(12)16)4-6-14(3)7-5-11/h8H,4-7H2,1-3H3,(H2,12,16)(H,13,15). The summed E-state index contributed by atoms with van der Waals surface area (Å²) in [5.74, 6) is -0.0109. The maximum Gasteiger partial charge on any atom is 0.223 e. The van der Waals surface area contributed by atoms with Crippen molar-refractivity contribution in [3.63, 3.8) is 0 Å². The van der Waals surface area contributed by atoms with E-state index in [1.165, 1.54) is 0 Å². The first-order valence-corrected chi connectivity index (χ1v) is 6.09. The molecule has 1 heterocycles. The Morgan fingerprint density at radius 3 is 2.31 bits per heavy atom. The lowest BCUT2D eigenvalue weighted by Crippen LogP contribution is -2.61. The molecule has 0 radical (unpaired) electrons. The molecule has 1 aliphatic rings. The summed E-state index contributed by atoms with van der Waals surface area (Å²) in [5.41, 5.74) is 5.33. The van der Waals surface area contributed by atoms with Crippen LogP contribution in [0, 0.1) is 5.92 Å². The Morgan fingerprint density at radius 2 is 1.94 bits per heavy atom. The highest BCUT2D eigenvalue weighted by Gasteiger charge is 2.38. The van der Waals surface area contributed by atoms with Crippen LogP contribution >= 0.6 is 12.2 Å². The maximum atomic E-state index is 11.8. The molecule has 3 N–H and O–H groups in total. The predicted molar refractivity (Wildman–Crippen MR) is 69.2 cm³/mol. The highest BCUT2D eigenvalue weighted by atomic mass is 32.1. The molecule has 92 valence electrons. The largest absolute Gasteiger partial charge is 0.391 e. The second-order valence-electron chi connectivity index (χ2n) is 4.89. The smallest absolute Gasteiger partial charge is 0.223 e. The molecule has 1 amide bonds. The van der Waals surface area contributed by atoms with Crippen LogP contribution in [-0.4, -0.2) is 41.5 Å². The van der Waals surface area contributed by atoms with Crippen LogP contribution in [0.1, 0.15) is 26.7 Å². The van der Waals surface area contributed by atoms with Crippen molar-refractivity contribution in [1.82, 2.24) is 10.2 Å². The monoisotopic (exact) mass is 243 g/mol. The minimum absolute atomic E-state index is 0.0253. The SMILES string of the molecule is CC(C)C(=O)NC1(C(N)=S)CCN(C)CC1. The number of likely N-dealkylation sites (tertiary alicyclic amines) is 1. The molecule has 0 aromatic carbocycles. The fraction of sp³-hybridized carbons (Fsp3) is 0.818. The predicted octanol–water partition coefficient (Wildman–Crippen LogP) is 0.509. The molecule has 16 heavy (non-hydrogen) atoms. The zero-order chi connectivity index (χ0) is 12.3. The average Bonchev–Trinajstić information content (AvgIpc) is 2.21. The second kappa shape index (κ2) is 5.10. The van der Waals surface area contributed by atoms with E-state index in [1.54, 1.807) is 0 Å². The maximum absolute atomic E-state index is 11.8. The van der Waals surface area contributed by atoms with E-state index in [0.717, 1.165) is 25.9 Å². The fourth-order valence-corrected chi connectivity index (χ4v) is 2.07. The van der Waals surface area contributed by atoms with Crippen LogP contribution in [0.2, 0.25) is 0 Å². The van der Waals surface area contributed by atoms with E-state index in [9.17, 15) is 4.79 Å². The second-order valence-corrected chi connectivity index (χ2v) is 5.33.